The third-order valence-electron chi connectivity index (χ3n) is 9.36. The lowest BCUT2D eigenvalue weighted by molar-refractivity contribution is 0.108. The van der Waals surface area contributed by atoms with Crippen molar-refractivity contribution in [3.05, 3.63) is 53.7 Å². The topological polar surface area (TPSA) is 66.4 Å². The number of hydrogen-bond donors (Lipinski definition) is 1. The maximum Gasteiger partial charge on any atom is 0.319 e. The average molecular weight is 545 g/mol. The molecule has 0 radical (unpaired) electrons. The second-order valence-corrected chi connectivity index (χ2v) is 11.6. The van der Waals surface area contributed by atoms with Crippen molar-refractivity contribution in [2.45, 2.75) is 50.6 Å². The van der Waals surface area contributed by atoms with Crippen molar-refractivity contribution in [3.63, 3.8) is 0 Å². The van der Waals surface area contributed by atoms with E-state index >= 15 is 4.39 Å². The molecule has 5 heterocycles. The Morgan fingerprint density at radius 1 is 1.07 bits per heavy atom. The SMILES string of the molecule is Cc1c(F)ccc2c(-c3ncc4c(N(C)C5CCNC5)nc(OCC56CCCN5CCC6)nc4c3F)cccc12. The summed E-state index contributed by atoms with van der Waals surface area (Å²) in [5.74, 6) is -0.197. The molecule has 0 amide bonds. The van der Waals surface area contributed by atoms with Gasteiger partial charge in [0, 0.05) is 31.4 Å². The minimum atomic E-state index is -0.528. The molecule has 2 aromatic heterocycles. The lowest BCUT2D eigenvalue weighted by atomic mass is 9.95. The first kappa shape index (κ1) is 25.5. The van der Waals surface area contributed by atoms with Gasteiger partial charge >= 0.3 is 6.01 Å². The standard InChI is InChI=1S/C31H34F2N6O/c1-19-21-6-3-7-23(22(21)8-9-25(19)32)27-26(33)28-24(17-35-27)29(38(2)20-10-13-34-16-20)37-30(36-28)40-18-31-11-4-14-39(31)15-5-12-31/h3,6-9,17,20,34H,4-5,10-16,18H2,1-2H3. The Labute approximate surface area is 232 Å². The van der Waals surface area contributed by atoms with Crippen LogP contribution in [0.2, 0.25) is 0 Å². The number of likely N-dealkylation sites (N-methyl/N-ethyl adjacent to an activating group) is 1. The first-order valence-corrected chi connectivity index (χ1v) is 14.3. The van der Waals surface area contributed by atoms with Crippen LogP contribution in [-0.2, 0) is 0 Å². The van der Waals surface area contributed by atoms with Crippen LogP contribution in [0.15, 0.2) is 36.5 Å². The molecular formula is C31H34F2N6O. The van der Waals surface area contributed by atoms with Crippen molar-refractivity contribution in [1.29, 1.82) is 0 Å². The largest absolute Gasteiger partial charge is 0.461 e. The van der Waals surface area contributed by atoms with Gasteiger partial charge in [-0.2, -0.15) is 9.97 Å². The highest BCUT2D eigenvalue weighted by atomic mass is 19.1. The van der Waals surface area contributed by atoms with Gasteiger partial charge in [0.2, 0.25) is 0 Å². The Balaban J connectivity index is 1.35. The van der Waals surface area contributed by atoms with E-state index in [-0.39, 0.29) is 34.6 Å². The molecule has 208 valence electrons. The summed E-state index contributed by atoms with van der Waals surface area (Å²) in [4.78, 5) is 18.7. The van der Waals surface area contributed by atoms with Gasteiger partial charge in [-0.1, -0.05) is 24.3 Å². The van der Waals surface area contributed by atoms with Crippen molar-refractivity contribution in [2.24, 2.45) is 0 Å². The maximum atomic E-state index is 16.5. The Bertz CT molecular complexity index is 1590. The number of rotatable bonds is 6. The third-order valence-corrected chi connectivity index (χ3v) is 9.36. The van der Waals surface area contributed by atoms with E-state index in [2.05, 4.69) is 25.1 Å². The molecule has 3 saturated heterocycles. The van der Waals surface area contributed by atoms with Crippen molar-refractivity contribution in [3.8, 4) is 17.3 Å². The third kappa shape index (κ3) is 4.09. The quantitative estimate of drug-likeness (QED) is 0.356. The second kappa shape index (κ2) is 9.89. The van der Waals surface area contributed by atoms with Crippen LogP contribution in [0.3, 0.4) is 0 Å². The fourth-order valence-electron chi connectivity index (χ4n) is 7.03. The summed E-state index contributed by atoms with van der Waals surface area (Å²) in [5, 5.41) is 5.43. The molecule has 9 heteroatoms. The van der Waals surface area contributed by atoms with Crippen LogP contribution in [0.1, 0.15) is 37.7 Å². The van der Waals surface area contributed by atoms with Gasteiger partial charge in [-0.3, -0.25) is 9.88 Å². The van der Waals surface area contributed by atoms with Crippen molar-refractivity contribution in [2.75, 3.05) is 44.7 Å². The molecule has 0 saturated carbocycles. The van der Waals surface area contributed by atoms with Crippen molar-refractivity contribution < 1.29 is 13.5 Å². The molecular weight excluding hydrogens is 510 g/mol. The molecule has 2 aromatic carbocycles. The fourth-order valence-corrected chi connectivity index (χ4v) is 7.03. The first-order chi connectivity index (χ1) is 19.4. The van der Waals surface area contributed by atoms with E-state index in [0.717, 1.165) is 56.2 Å². The Hall–Kier alpha value is -3.43. The molecule has 0 aliphatic carbocycles. The summed E-state index contributed by atoms with van der Waals surface area (Å²) in [6, 6.07) is 9.01. The highest BCUT2D eigenvalue weighted by molar-refractivity contribution is 6.00. The second-order valence-electron chi connectivity index (χ2n) is 11.6. The minimum absolute atomic E-state index is 0.0256. The molecule has 0 bridgehead atoms. The molecule has 7 nitrogen and oxygen atoms in total. The molecule has 0 spiro atoms. The number of nitrogens with zero attached hydrogens (tertiary/aromatic N) is 5. The van der Waals surface area contributed by atoms with Gasteiger partial charge in [0.1, 0.15) is 29.5 Å². The highest BCUT2D eigenvalue weighted by Crippen LogP contribution is 2.40. The molecule has 1 N–H and O–H groups in total. The number of benzene rings is 2. The highest BCUT2D eigenvalue weighted by Gasteiger charge is 2.45. The predicted molar refractivity (Wildman–Crippen MR) is 153 cm³/mol. The number of anilines is 1. The van der Waals surface area contributed by atoms with Crippen LogP contribution in [0.5, 0.6) is 6.01 Å². The lowest BCUT2D eigenvalue weighted by Gasteiger charge is -2.31. The van der Waals surface area contributed by atoms with Crippen molar-refractivity contribution >= 4 is 27.5 Å². The summed E-state index contributed by atoms with van der Waals surface area (Å²) < 4.78 is 37.1. The Morgan fingerprint density at radius 2 is 1.90 bits per heavy atom. The number of hydrogen-bond acceptors (Lipinski definition) is 7. The van der Waals surface area contributed by atoms with Crippen LogP contribution in [0, 0.1) is 18.6 Å². The van der Waals surface area contributed by atoms with E-state index in [1.807, 2.05) is 25.2 Å². The lowest BCUT2D eigenvalue weighted by Crippen LogP contribution is -2.43. The average Bonchev–Trinajstić information content (AvgIpc) is 3.72. The predicted octanol–water partition coefficient (Wildman–Crippen LogP) is 5.24. The van der Waals surface area contributed by atoms with Gasteiger partial charge in [-0.05, 0) is 81.1 Å². The van der Waals surface area contributed by atoms with Gasteiger partial charge in [-0.25, -0.2) is 8.78 Å². The van der Waals surface area contributed by atoms with Crippen LogP contribution >= 0.6 is 0 Å². The summed E-state index contributed by atoms with van der Waals surface area (Å²) in [5.41, 5.74) is 1.52. The smallest absolute Gasteiger partial charge is 0.319 e. The zero-order valence-corrected chi connectivity index (χ0v) is 23.0. The molecule has 1 atom stereocenters. The molecule has 40 heavy (non-hydrogen) atoms. The summed E-state index contributed by atoms with van der Waals surface area (Å²) in [7, 11) is 1.99. The van der Waals surface area contributed by atoms with Gasteiger partial charge in [-0.15, -0.1) is 0 Å². The van der Waals surface area contributed by atoms with E-state index in [1.54, 1.807) is 19.2 Å². The van der Waals surface area contributed by atoms with E-state index in [0.29, 0.717) is 28.9 Å². The number of ether oxygens (including phenoxy) is 1. The zero-order chi connectivity index (χ0) is 27.4. The van der Waals surface area contributed by atoms with Crippen molar-refractivity contribution in [1.82, 2.24) is 25.2 Å². The molecule has 1 unspecified atom stereocenters. The molecule has 7 rings (SSSR count). The summed E-state index contributed by atoms with van der Waals surface area (Å²) >= 11 is 0. The van der Waals surface area contributed by atoms with Gasteiger partial charge in [0.15, 0.2) is 5.82 Å². The number of aryl methyl sites for hydroxylation is 1. The number of aromatic nitrogens is 3. The fraction of sp³-hybridized carbons (Fsp3) is 0.452. The van der Waals surface area contributed by atoms with E-state index < -0.39 is 5.82 Å². The summed E-state index contributed by atoms with van der Waals surface area (Å²) in [6.07, 6.45) is 7.17. The zero-order valence-electron chi connectivity index (χ0n) is 23.0. The van der Waals surface area contributed by atoms with E-state index in [1.165, 1.54) is 18.9 Å². The van der Waals surface area contributed by atoms with Gasteiger partial charge in [0.25, 0.3) is 0 Å². The molecule has 3 aliphatic heterocycles. The maximum absolute atomic E-state index is 16.5. The number of nitrogens with one attached hydrogen (secondary N) is 1. The van der Waals surface area contributed by atoms with Gasteiger partial charge < -0.3 is 15.0 Å². The van der Waals surface area contributed by atoms with Gasteiger partial charge in [0.05, 0.1) is 10.9 Å². The number of fused-ring (bicyclic) bond motifs is 3. The van der Waals surface area contributed by atoms with E-state index in [9.17, 15) is 4.39 Å². The first-order valence-electron chi connectivity index (χ1n) is 14.3. The van der Waals surface area contributed by atoms with Crippen LogP contribution in [-0.4, -0.2) is 71.3 Å². The number of halogens is 2. The Morgan fingerprint density at radius 3 is 2.67 bits per heavy atom. The molecule has 4 aromatic rings. The van der Waals surface area contributed by atoms with Crippen LogP contribution in [0.4, 0.5) is 14.6 Å². The molecule has 3 aliphatic rings. The van der Waals surface area contributed by atoms with Crippen LogP contribution < -0.4 is 15.0 Å². The monoisotopic (exact) mass is 544 g/mol. The number of pyridine rings is 1. The van der Waals surface area contributed by atoms with Crippen LogP contribution in [0.25, 0.3) is 32.9 Å². The minimum Gasteiger partial charge on any atom is -0.461 e. The van der Waals surface area contributed by atoms with E-state index in [4.69, 9.17) is 9.72 Å². The Kier molecular flexibility index (Phi) is 6.31. The summed E-state index contributed by atoms with van der Waals surface area (Å²) in [6.45, 7) is 6.19. The molecule has 3 fully saturated rings. The normalized spacial score (nSPS) is 20.4.